The number of rotatable bonds is 3. The first kappa shape index (κ1) is 17.6. The molecule has 0 bridgehead atoms. The van der Waals surface area contributed by atoms with E-state index in [0.29, 0.717) is 32.8 Å². The van der Waals surface area contributed by atoms with Crippen molar-refractivity contribution in [3.05, 3.63) is 62.0 Å². The molecule has 0 saturated carbocycles. The second kappa shape index (κ2) is 6.93. The number of nitrogens with zero attached hydrogens (tertiary/aromatic N) is 1. The molecule has 0 fully saturated rings. The van der Waals surface area contributed by atoms with Crippen LogP contribution >= 0.6 is 23.4 Å². The molecule has 2 aromatic rings. The first-order valence-corrected chi connectivity index (χ1v) is 9.06. The number of benzene rings is 1. The van der Waals surface area contributed by atoms with Gasteiger partial charge in [0, 0.05) is 10.7 Å². The summed E-state index contributed by atoms with van der Waals surface area (Å²) in [6, 6.07) is 7.03. The molecule has 1 aromatic carbocycles. The number of halogens is 1. The van der Waals surface area contributed by atoms with Crippen molar-refractivity contribution in [2.45, 2.75) is 18.0 Å². The van der Waals surface area contributed by atoms with Gasteiger partial charge in [0.15, 0.2) is 5.16 Å². The number of hydrogen-bond acceptors (Lipinski definition) is 6. The van der Waals surface area contributed by atoms with Crippen LogP contribution in [0.1, 0.15) is 24.0 Å². The number of ether oxygens (including phenoxy) is 1. The molecule has 0 amide bonds. The van der Waals surface area contributed by atoms with Crippen molar-refractivity contribution in [1.82, 2.24) is 9.97 Å². The summed E-state index contributed by atoms with van der Waals surface area (Å²) < 4.78 is 4.94. The van der Waals surface area contributed by atoms with E-state index < -0.39 is 11.9 Å². The third-order valence-electron chi connectivity index (χ3n) is 4.02. The fourth-order valence-electron chi connectivity index (χ4n) is 2.90. The van der Waals surface area contributed by atoms with Crippen LogP contribution in [0.25, 0.3) is 0 Å². The van der Waals surface area contributed by atoms with Gasteiger partial charge >= 0.3 is 5.97 Å². The normalized spacial score (nSPS) is 16.2. The molecule has 6 nitrogen and oxygen atoms in total. The second-order valence-corrected chi connectivity index (χ2v) is 6.71. The molecule has 1 aromatic heterocycles. The monoisotopic (exact) mass is 377 g/mol. The van der Waals surface area contributed by atoms with E-state index >= 15 is 0 Å². The van der Waals surface area contributed by atoms with Gasteiger partial charge in [-0.05, 0) is 30.9 Å². The number of H-pyrrole nitrogens is 1. The van der Waals surface area contributed by atoms with E-state index in [9.17, 15) is 9.59 Å². The number of aromatic nitrogens is 2. The molecule has 0 saturated heterocycles. The lowest BCUT2D eigenvalue weighted by Gasteiger charge is -2.28. The van der Waals surface area contributed by atoms with E-state index in [4.69, 9.17) is 16.3 Å². The van der Waals surface area contributed by atoms with Gasteiger partial charge in [0.2, 0.25) is 0 Å². The Labute approximate surface area is 153 Å². The molecular weight excluding hydrogens is 362 g/mol. The first-order chi connectivity index (χ1) is 12.0. The van der Waals surface area contributed by atoms with E-state index in [0.717, 1.165) is 5.56 Å². The molecule has 0 unspecified atom stereocenters. The van der Waals surface area contributed by atoms with Crippen LogP contribution in [0.4, 0.5) is 5.82 Å². The zero-order valence-corrected chi connectivity index (χ0v) is 15.4. The van der Waals surface area contributed by atoms with E-state index in [1.54, 1.807) is 31.2 Å². The Kier molecular flexibility index (Phi) is 4.87. The molecule has 0 aliphatic carbocycles. The van der Waals surface area contributed by atoms with E-state index in [2.05, 4.69) is 15.3 Å². The maximum absolute atomic E-state index is 12.7. The Morgan fingerprint density at radius 1 is 1.32 bits per heavy atom. The Morgan fingerprint density at radius 2 is 2.00 bits per heavy atom. The van der Waals surface area contributed by atoms with Crippen LogP contribution in [0.15, 0.2) is 45.5 Å². The lowest BCUT2D eigenvalue weighted by Crippen LogP contribution is -2.30. The van der Waals surface area contributed by atoms with Gasteiger partial charge in [-0.2, -0.15) is 0 Å². The molecule has 2 heterocycles. The molecule has 3 rings (SSSR count). The maximum atomic E-state index is 12.7. The molecule has 1 aliphatic heterocycles. The number of esters is 1. The van der Waals surface area contributed by atoms with Gasteiger partial charge in [-0.3, -0.25) is 4.79 Å². The van der Waals surface area contributed by atoms with Crippen LogP contribution < -0.4 is 10.9 Å². The number of nitrogens with one attached hydrogen (secondary N) is 2. The summed E-state index contributed by atoms with van der Waals surface area (Å²) in [5.74, 6) is -0.643. The van der Waals surface area contributed by atoms with E-state index in [1.165, 1.54) is 18.9 Å². The standard InChI is InChI=1S/C17H16ClN3O3S/c1-8-11(16(23)24-2)12(9-4-6-10(18)7-5-9)13-14(19-8)20-17(25-3)21-15(13)22/h4-7,12H,1-3H3,(H2,19,20,21,22)/t12-/m1/s1. The van der Waals surface area contributed by atoms with Crippen molar-refractivity contribution in [3.63, 3.8) is 0 Å². The molecule has 1 aliphatic rings. The molecule has 2 N–H and O–H groups in total. The number of aromatic amines is 1. The van der Waals surface area contributed by atoms with Gasteiger partial charge in [-0.15, -0.1) is 0 Å². The van der Waals surface area contributed by atoms with Crippen molar-refractivity contribution >= 4 is 35.1 Å². The summed E-state index contributed by atoms with van der Waals surface area (Å²) in [5.41, 5.74) is 1.82. The fraction of sp³-hybridized carbons (Fsp3) is 0.235. The predicted molar refractivity (Wildman–Crippen MR) is 98.3 cm³/mol. The topological polar surface area (TPSA) is 84.1 Å². The first-order valence-electron chi connectivity index (χ1n) is 7.46. The average Bonchev–Trinajstić information content (AvgIpc) is 2.60. The highest BCUT2D eigenvalue weighted by molar-refractivity contribution is 7.98. The fourth-order valence-corrected chi connectivity index (χ4v) is 3.40. The van der Waals surface area contributed by atoms with Crippen molar-refractivity contribution in [2.24, 2.45) is 0 Å². The minimum absolute atomic E-state index is 0.296. The van der Waals surface area contributed by atoms with Crippen molar-refractivity contribution in [2.75, 3.05) is 18.7 Å². The summed E-state index contributed by atoms with van der Waals surface area (Å²) in [4.78, 5) is 32.3. The van der Waals surface area contributed by atoms with Gasteiger partial charge < -0.3 is 15.0 Å². The van der Waals surface area contributed by atoms with Crippen molar-refractivity contribution in [3.8, 4) is 0 Å². The smallest absolute Gasteiger partial charge is 0.336 e. The largest absolute Gasteiger partial charge is 0.466 e. The summed E-state index contributed by atoms with van der Waals surface area (Å²) in [5, 5.41) is 4.13. The highest BCUT2D eigenvalue weighted by atomic mass is 35.5. The van der Waals surface area contributed by atoms with Gasteiger partial charge in [-0.1, -0.05) is 35.5 Å². The van der Waals surface area contributed by atoms with E-state index in [-0.39, 0.29) is 5.56 Å². The summed E-state index contributed by atoms with van der Waals surface area (Å²) in [6.45, 7) is 1.76. The van der Waals surface area contributed by atoms with E-state index in [1.807, 2.05) is 6.26 Å². The van der Waals surface area contributed by atoms with Gasteiger partial charge in [-0.25, -0.2) is 9.78 Å². The van der Waals surface area contributed by atoms with Crippen molar-refractivity contribution < 1.29 is 9.53 Å². The molecule has 8 heteroatoms. The van der Waals surface area contributed by atoms with Crippen molar-refractivity contribution in [1.29, 1.82) is 0 Å². The van der Waals surface area contributed by atoms with Gasteiger partial charge in [0.05, 0.1) is 24.2 Å². The predicted octanol–water partition coefficient (Wildman–Crippen LogP) is 3.15. The number of carbonyl (C=O) groups excluding carboxylic acids is 1. The minimum atomic E-state index is -0.590. The Hall–Kier alpha value is -2.25. The lowest BCUT2D eigenvalue weighted by atomic mass is 9.82. The lowest BCUT2D eigenvalue weighted by molar-refractivity contribution is -0.136. The van der Waals surface area contributed by atoms with Gasteiger partial charge in [0.1, 0.15) is 5.82 Å². The summed E-state index contributed by atoms with van der Waals surface area (Å²) >= 11 is 7.31. The number of allylic oxidation sites excluding steroid dienone is 1. The second-order valence-electron chi connectivity index (χ2n) is 5.48. The van der Waals surface area contributed by atoms with Crippen LogP contribution in [-0.2, 0) is 9.53 Å². The quantitative estimate of drug-likeness (QED) is 0.485. The number of thioether (sulfide) groups is 1. The van der Waals surface area contributed by atoms with Crippen LogP contribution in [0, 0.1) is 0 Å². The molecular formula is C17H16ClN3O3S. The number of anilines is 1. The number of hydrogen-bond donors (Lipinski definition) is 2. The highest BCUT2D eigenvalue weighted by Crippen LogP contribution is 2.40. The third kappa shape index (κ3) is 3.17. The molecule has 0 spiro atoms. The van der Waals surface area contributed by atoms with Crippen LogP contribution in [0.5, 0.6) is 0 Å². The van der Waals surface area contributed by atoms with Crippen LogP contribution in [-0.4, -0.2) is 29.3 Å². The SMILES string of the molecule is COC(=O)C1=C(C)Nc2nc(SC)[nH]c(=O)c2[C@@H]1c1ccc(Cl)cc1. The summed E-state index contributed by atoms with van der Waals surface area (Å²) in [6.07, 6.45) is 1.83. The Balaban J connectivity index is 2.28. The Morgan fingerprint density at radius 3 is 2.60 bits per heavy atom. The highest BCUT2D eigenvalue weighted by Gasteiger charge is 2.36. The van der Waals surface area contributed by atoms with Crippen LogP contribution in [0.3, 0.4) is 0 Å². The molecule has 1 atom stereocenters. The van der Waals surface area contributed by atoms with Crippen LogP contribution in [0.2, 0.25) is 5.02 Å². The number of methoxy groups -OCH3 is 1. The summed E-state index contributed by atoms with van der Waals surface area (Å²) in [7, 11) is 1.32. The molecule has 130 valence electrons. The average molecular weight is 378 g/mol. The zero-order valence-electron chi connectivity index (χ0n) is 13.8. The minimum Gasteiger partial charge on any atom is -0.466 e. The van der Waals surface area contributed by atoms with Gasteiger partial charge in [0.25, 0.3) is 5.56 Å². The third-order valence-corrected chi connectivity index (χ3v) is 4.85. The number of carbonyl (C=O) groups is 1. The molecule has 0 radical (unpaired) electrons. The number of fused-ring (bicyclic) bond motifs is 1. The molecule has 25 heavy (non-hydrogen) atoms. The zero-order chi connectivity index (χ0) is 18.1. The Bertz CT molecular complexity index is 922. The maximum Gasteiger partial charge on any atom is 0.336 e.